The Morgan fingerprint density at radius 1 is 1.30 bits per heavy atom. The fourth-order valence-electron chi connectivity index (χ4n) is 4.82. The van der Waals surface area contributed by atoms with Crippen LogP contribution >= 0.6 is 0 Å². The van der Waals surface area contributed by atoms with E-state index in [1.54, 1.807) is 6.92 Å². The number of fused-ring (bicyclic) bond motifs is 1. The summed E-state index contributed by atoms with van der Waals surface area (Å²) >= 11 is 0. The molecule has 0 radical (unpaired) electrons. The van der Waals surface area contributed by atoms with Crippen LogP contribution in [0.2, 0.25) is 0 Å². The number of hydrogen-bond acceptors (Lipinski definition) is 3. The van der Waals surface area contributed by atoms with Crippen LogP contribution in [0.4, 0.5) is 0 Å². The molecule has 5 nitrogen and oxygen atoms in total. The molecule has 23 heavy (non-hydrogen) atoms. The topological polar surface area (TPSA) is 102 Å². The van der Waals surface area contributed by atoms with Gasteiger partial charge in [-0.2, -0.15) is 0 Å². The Bertz CT molecular complexity index is 631. The fourth-order valence-corrected chi connectivity index (χ4v) is 4.82. The molecule has 1 aromatic rings. The van der Waals surface area contributed by atoms with Gasteiger partial charge in [0.15, 0.2) is 5.96 Å². The van der Waals surface area contributed by atoms with E-state index in [1.807, 2.05) is 0 Å². The lowest BCUT2D eigenvalue weighted by molar-refractivity contribution is -0.119. The molecule has 2 fully saturated rings. The summed E-state index contributed by atoms with van der Waals surface area (Å²) in [6.45, 7) is 2.58. The number of carbonyl (C=O) groups excluding carboxylic acids is 1. The molecule has 3 aliphatic rings. The number of ether oxygens (including phenoxy) is 1. The highest BCUT2D eigenvalue weighted by atomic mass is 16.5. The quantitative estimate of drug-likeness (QED) is 0.575. The Morgan fingerprint density at radius 2 is 1.96 bits per heavy atom. The van der Waals surface area contributed by atoms with E-state index in [1.165, 1.54) is 36.8 Å². The van der Waals surface area contributed by atoms with Crippen LogP contribution in [0.3, 0.4) is 0 Å². The first kappa shape index (κ1) is 15.8. The molecule has 2 saturated carbocycles. The molecule has 2 unspecified atom stereocenters. The summed E-state index contributed by atoms with van der Waals surface area (Å²) in [6, 6.07) is 6.40. The van der Waals surface area contributed by atoms with Crippen molar-refractivity contribution >= 4 is 11.7 Å². The van der Waals surface area contributed by atoms with Crippen LogP contribution in [0.5, 0.6) is 5.75 Å². The van der Waals surface area contributed by atoms with Crippen LogP contribution in [-0.4, -0.2) is 18.3 Å². The average molecular weight is 315 g/mol. The second kappa shape index (κ2) is 5.87. The number of guanidine groups is 1. The molecule has 1 aromatic carbocycles. The standard InChI is InChI=1S/C17H20O2.CH5N3/c1-11(18)15-16(17(15)8-2-3-9-17)13-5-4-6-14-12(13)7-10-19-14;2-1(3)4/h4-6,15-16H,2-3,7-10H2,1H3;(H5,2,3,4). The van der Waals surface area contributed by atoms with E-state index < -0.39 is 0 Å². The summed E-state index contributed by atoms with van der Waals surface area (Å²) in [5.74, 6) is 1.87. The third kappa shape index (κ3) is 2.69. The zero-order valence-corrected chi connectivity index (χ0v) is 13.6. The lowest BCUT2D eigenvalue weighted by Gasteiger charge is -2.10. The summed E-state index contributed by atoms with van der Waals surface area (Å²) in [5, 5.41) is 6.06. The zero-order chi connectivity index (χ0) is 16.6. The van der Waals surface area contributed by atoms with Gasteiger partial charge in [-0.15, -0.1) is 0 Å². The Morgan fingerprint density at radius 3 is 2.57 bits per heavy atom. The molecule has 0 aromatic heterocycles. The predicted octanol–water partition coefficient (Wildman–Crippen LogP) is 2.32. The first-order valence-electron chi connectivity index (χ1n) is 8.32. The third-order valence-corrected chi connectivity index (χ3v) is 5.55. The van der Waals surface area contributed by atoms with Gasteiger partial charge in [-0.3, -0.25) is 10.2 Å². The summed E-state index contributed by atoms with van der Waals surface area (Å²) in [7, 11) is 0. The van der Waals surface area contributed by atoms with Crippen LogP contribution in [0.1, 0.15) is 49.7 Å². The van der Waals surface area contributed by atoms with Gasteiger partial charge in [0.1, 0.15) is 11.5 Å². The van der Waals surface area contributed by atoms with Gasteiger partial charge in [0.05, 0.1) is 6.61 Å². The molecular weight excluding hydrogens is 290 g/mol. The maximum atomic E-state index is 12.0. The van der Waals surface area contributed by atoms with Crippen molar-refractivity contribution in [1.82, 2.24) is 0 Å². The number of rotatable bonds is 2. The lowest BCUT2D eigenvalue weighted by atomic mass is 9.93. The molecule has 5 heteroatoms. The molecule has 0 amide bonds. The monoisotopic (exact) mass is 315 g/mol. The van der Waals surface area contributed by atoms with Gasteiger partial charge < -0.3 is 16.2 Å². The molecule has 1 aliphatic heterocycles. The van der Waals surface area contributed by atoms with Gasteiger partial charge in [-0.25, -0.2) is 0 Å². The van der Waals surface area contributed by atoms with E-state index >= 15 is 0 Å². The normalized spacial score (nSPS) is 26.0. The highest BCUT2D eigenvalue weighted by Gasteiger charge is 2.67. The molecule has 2 atom stereocenters. The van der Waals surface area contributed by atoms with Crippen molar-refractivity contribution in [2.75, 3.05) is 6.61 Å². The number of hydrogen-bond donors (Lipinski definition) is 3. The van der Waals surface area contributed by atoms with Crippen molar-refractivity contribution < 1.29 is 9.53 Å². The summed E-state index contributed by atoms with van der Waals surface area (Å²) < 4.78 is 5.68. The number of nitrogens with one attached hydrogen (secondary N) is 1. The maximum absolute atomic E-state index is 12.0. The van der Waals surface area contributed by atoms with Gasteiger partial charge in [-0.05, 0) is 36.8 Å². The van der Waals surface area contributed by atoms with Crippen molar-refractivity contribution in [2.45, 2.75) is 44.9 Å². The van der Waals surface area contributed by atoms with Crippen molar-refractivity contribution in [3.05, 3.63) is 29.3 Å². The minimum absolute atomic E-state index is 0.280. The van der Waals surface area contributed by atoms with Gasteiger partial charge in [0.25, 0.3) is 0 Å². The Hall–Kier alpha value is -2.04. The van der Waals surface area contributed by atoms with Crippen LogP contribution in [0.25, 0.3) is 0 Å². The number of benzene rings is 1. The smallest absolute Gasteiger partial charge is 0.183 e. The summed E-state index contributed by atoms with van der Waals surface area (Å²) in [4.78, 5) is 12.0. The first-order valence-corrected chi connectivity index (χ1v) is 8.32. The number of nitrogens with two attached hydrogens (primary N) is 2. The molecule has 2 aliphatic carbocycles. The van der Waals surface area contributed by atoms with Crippen LogP contribution < -0.4 is 16.2 Å². The molecule has 0 saturated heterocycles. The summed E-state index contributed by atoms with van der Waals surface area (Å²) in [5.41, 5.74) is 12.0. The van der Waals surface area contributed by atoms with Gasteiger partial charge >= 0.3 is 0 Å². The number of carbonyl (C=O) groups is 1. The molecule has 1 spiro atoms. The number of ketones is 1. The number of Topliss-reactive ketones (excluding diaryl/α,β-unsaturated/α-hetero) is 1. The zero-order valence-electron chi connectivity index (χ0n) is 13.6. The average Bonchev–Trinajstić information content (AvgIpc) is 2.85. The van der Waals surface area contributed by atoms with Crippen molar-refractivity contribution in [3.8, 4) is 5.75 Å². The van der Waals surface area contributed by atoms with E-state index in [4.69, 9.17) is 10.1 Å². The molecule has 0 bridgehead atoms. The second-order valence-electron chi connectivity index (χ2n) is 6.88. The van der Waals surface area contributed by atoms with Crippen molar-refractivity contribution in [1.29, 1.82) is 5.41 Å². The minimum atomic E-state index is -0.333. The van der Waals surface area contributed by atoms with Gasteiger partial charge in [0, 0.05) is 23.8 Å². The van der Waals surface area contributed by atoms with E-state index in [0.29, 0.717) is 17.1 Å². The van der Waals surface area contributed by atoms with E-state index in [-0.39, 0.29) is 11.9 Å². The van der Waals surface area contributed by atoms with Crippen LogP contribution in [-0.2, 0) is 11.2 Å². The highest BCUT2D eigenvalue weighted by molar-refractivity contribution is 5.85. The molecular formula is C18H25N3O2. The molecule has 124 valence electrons. The van der Waals surface area contributed by atoms with E-state index in [9.17, 15) is 4.79 Å². The Labute approximate surface area is 136 Å². The van der Waals surface area contributed by atoms with E-state index in [0.717, 1.165) is 18.8 Å². The van der Waals surface area contributed by atoms with Crippen LogP contribution in [0, 0.1) is 16.7 Å². The van der Waals surface area contributed by atoms with Gasteiger partial charge in [-0.1, -0.05) is 25.0 Å². The highest BCUT2D eigenvalue weighted by Crippen LogP contribution is 2.73. The predicted molar refractivity (Wildman–Crippen MR) is 89.6 cm³/mol. The van der Waals surface area contributed by atoms with E-state index in [2.05, 4.69) is 29.7 Å². The molecule has 5 N–H and O–H groups in total. The SMILES string of the molecule is CC(=O)C1C(c2cccc3c2CCO3)C12CCCC2.N=C(N)N. The Kier molecular flexibility index (Phi) is 4.04. The van der Waals surface area contributed by atoms with Gasteiger partial charge in [0.2, 0.25) is 0 Å². The fraction of sp³-hybridized carbons (Fsp3) is 0.556. The van der Waals surface area contributed by atoms with Crippen molar-refractivity contribution in [2.24, 2.45) is 22.8 Å². The summed E-state index contributed by atoms with van der Waals surface area (Å²) in [6.07, 6.45) is 6.10. The first-order chi connectivity index (χ1) is 11.0. The Balaban J connectivity index is 0.000000354. The second-order valence-corrected chi connectivity index (χ2v) is 6.88. The minimum Gasteiger partial charge on any atom is -0.493 e. The largest absolute Gasteiger partial charge is 0.493 e. The molecule has 1 heterocycles. The third-order valence-electron chi connectivity index (χ3n) is 5.55. The lowest BCUT2D eigenvalue weighted by Crippen LogP contribution is -2.20. The van der Waals surface area contributed by atoms with Crippen molar-refractivity contribution in [3.63, 3.8) is 0 Å². The molecule has 4 rings (SSSR count). The maximum Gasteiger partial charge on any atom is 0.183 e. The van der Waals surface area contributed by atoms with Crippen LogP contribution in [0.15, 0.2) is 18.2 Å².